The highest BCUT2D eigenvalue weighted by Crippen LogP contribution is 2.29. The number of methoxy groups -OCH3 is 1. The number of amides is 1. The Bertz CT molecular complexity index is 1460. The predicted octanol–water partition coefficient (Wildman–Crippen LogP) is 6.04. The molecule has 0 spiro atoms. The van der Waals surface area contributed by atoms with Crippen LogP contribution in [0.3, 0.4) is 0 Å². The molecule has 0 fully saturated rings. The molecule has 38 heavy (non-hydrogen) atoms. The molecule has 0 aliphatic carbocycles. The Labute approximate surface area is 223 Å². The van der Waals surface area contributed by atoms with Gasteiger partial charge < -0.3 is 14.4 Å². The first-order valence-corrected chi connectivity index (χ1v) is 13.0. The van der Waals surface area contributed by atoms with Crippen molar-refractivity contribution in [3.63, 3.8) is 0 Å². The van der Waals surface area contributed by atoms with Crippen molar-refractivity contribution in [2.75, 3.05) is 20.3 Å². The normalized spacial score (nSPS) is 11.9. The highest BCUT2D eigenvalue weighted by molar-refractivity contribution is 5.94. The van der Waals surface area contributed by atoms with E-state index in [2.05, 4.69) is 13.8 Å². The topological polar surface area (TPSA) is 73.7 Å². The lowest BCUT2D eigenvalue weighted by Crippen LogP contribution is -2.38. The average Bonchev–Trinajstić information content (AvgIpc) is 2.93. The molecule has 0 saturated heterocycles. The van der Waals surface area contributed by atoms with E-state index in [0.717, 1.165) is 6.42 Å². The molecule has 1 aromatic heterocycles. The van der Waals surface area contributed by atoms with Crippen molar-refractivity contribution in [3.05, 3.63) is 94.5 Å². The molecule has 4 aromatic rings. The van der Waals surface area contributed by atoms with Crippen LogP contribution in [-0.4, -0.2) is 40.6 Å². The third-order valence-electron chi connectivity index (χ3n) is 6.59. The summed E-state index contributed by atoms with van der Waals surface area (Å²) in [5.74, 6) is 2.00. The Balaban J connectivity index is 1.90. The van der Waals surface area contributed by atoms with E-state index in [1.807, 2.05) is 56.3 Å². The summed E-state index contributed by atoms with van der Waals surface area (Å²) in [7, 11) is 1.60. The van der Waals surface area contributed by atoms with E-state index in [4.69, 9.17) is 14.5 Å². The zero-order chi connectivity index (χ0) is 27.2. The van der Waals surface area contributed by atoms with Crippen LogP contribution < -0.4 is 15.0 Å². The fourth-order valence-corrected chi connectivity index (χ4v) is 4.49. The molecule has 198 valence electrons. The lowest BCUT2D eigenvalue weighted by molar-refractivity contribution is 0.0671. The van der Waals surface area contributed by atoms with Gasteiger partial charge in [-0.15, -0.1) is 0 Å². The number of nitrogens with zero attached hydrogens (tertiary/aromatic N) is 3. The second-order valence-corrected chi connectivity index (χ2v) is 9.61. The van der Waals surface area contributed by atoms with Gasteiger partial charge in [0.1, 0.15) is 17.3 Å². The van der Waals surface area contributed by atoms with Gasteiger partial charge in [0.2, 0.25) is 0 Å². The van der Waals surface area contributed by atoms with E-state index >= 15 is 0 Å². The van der Waals surface area contributed by atoms with Gasteiger partial charge in [0.25, 0.3) is 11.5 Å². The smallest absolute Gasteiger partial charge is 0.266 e. The third kappa shape index (κ3) is 5.57. The van der Waals surface area contributed by atoms with Crippen molar-refractivity contribution in [1.29, 1.82) is 0 Å². The van der Waals surface area contributed by atoms with Crippen molar-refractivity contribution in [2.24, 2.45) is 5.92 Å². The standard InChI is InChI=1S/C31H35N3O4/c1-6-38-28-14-10-9-13-27(28)34-29(32-26-12-8-7-11-25(26)31(34)36)22(4)33(20-19-21(2)3)30(35)23-15-17-24(37-5)18-16-23/h7-18,21-22H,6,19-20H2,1-5H3. The van der Waals surface area contributed by atoms with E-state index < -0.39 is 6.04 Å². The van der Waals surface area contributed by atoms with Crippen molar-refractivity contribution >= 4 is 16.8 Å². The second-order valence-electron chi connectivity index (χ2n) is 9.61. The molecule has 3 aromatic carbocycles. The molecule has 0 saturated carbocycles. The monoisotopic (exact) mass is 513 g/mol. The molecule has 0 radical (unpaired) electrons. The number of ether oxygens (including phenoxy) is 2. The van der Waals surface area contributed by atoms with Crippen LogP contribution in [0.15, 0.2) is 77.6 Å². The molecular formula is C31H35N3O4. The summed E-state index contributed by atoms with van der Waals surface area (Å²) in [6, 6.07) is 21.3. The number of hydrogen-bond donors (Lipinski definition) is 0. The fourth-order valence-electron chi connectivity index (χ4n) is 4.49. The summed E-state index contributed by atoms with van der Waals surface area (Å²) in [5.41, 5.74) is 1.53. The number of carbonyl (C=O) groups is 1. The van der Waals surface area contributed by atoms with Gasteiger partial charge in [-0.05, 0) is 74.7 Å². The molecule has 7 nitrogen and oxygen atoms in total. The number of rotatable bonds is 10. The van der Waals surface area contributed by atoms with Crippen molar-refractivity contribution < 1.29 is 14.3 Å². The van der Waals surface area contributed by atoms with Gasteiger partial charge >= 0.3 is 0 Å². The van der Waals surface area contributed by atoms with Gasteiger partial charge in [-0.25, -0.2) is 4.98 Å². The summed E-state index contributed by atoms with van der Waals surface area (Å²) < 4.78 is 12.8. The Morgan fingerprint density at radius 2 is 1.66 bits per heavy atom. The van der Waals surface area contributed by atoms with Crippen LogP contribution >= 0.6 is 0 Å². The first-order chi connectivity index (χ1) is 18.3. The molecule has 4 rings (SSSR count). The maximum Gasteiger partial charge on any atom is 0.266 e. The van der Waals surface area contributed by atoms with Crippen molar-refractivity contribution in [3.8, 4) is 17.2 Å². The van der Waals surface area contributed by atoms with E-state index in [0.29, 0.717) is 58.5 Å². The maximum atomic E-state index is 14.0. The molecule has 0 bridgehead atoms. The molecule has 1 amide bonds. The second kappa shape index (κ2) is 11.9. The number of carbonyl (C=O) groups excluding carboxylic acids is 1. The van der Waals surface area contributed by atoms with Crippen LogP contribution in [0, 0.1) is 5.92 Å². The number of aromatic nitrogens is 2. The number of fused-ring (bicyclic) bond motifs is 1. The molecule has 1 unspecified atom stereocenters. The lowest BCUT2D eigenvalue weighted by Gasteiger charge is -2.31. The van der Waals surface area contributed by atoms with E-state index in [1.54, 1.807) is 46.9 Å². The van der Waals surface area contributed by atoms with Crippen LogP contribution in [0.1, 0.15) is 56.3 Å². The zero-order valence-electron chi connectivity index (χ0n) is 22.7. The Morgan fingerprint density at radius 3 is 2.34 bits per heavy atom. The minimum atomic E-state index is -0.504. The van der Waals surface area contributed by atoms with Crippen molar-refractivity contribution in [2.45, 2.75) is 40.2 Å². The molecular weight excluding hydrogens is 478 g/mol. The lowest BCUT2D eigenvalue weighted by atomic mass is 10.1. The first-order valence-electron chi connectivity index (χ1n) is 13.0. The summed E-state index contributed by atoms with van der Waals surface area (Å²) in [6.07, 6.45) is 0.805. The quantitative estimate of drug-likeness (QED) is 0.258. The largest absolute Gasteiger partial charge is 0.497 e. The number of hydrogen-bond acceptors (Lipinski definition) is 5. The summed E-state index contributed by atoms with van der Waals surface area (Å²) >= 11 is 0. The van der Waals surface area contributed by atoms with Crippen molar-refractivity contribution in [1.82, 2.24) is 14.5 Å². The van der Waals surface area contributed by atoms with Gasteiger partial charge in [-0.1, -0.05) is 38.1 Å². The molecule has 0 N–H and O–H groups in total. The highest BCUT2D eigenvalue weighted by Gasteiger charge is 2.28. The Morgan fingerprint density at radius 1 is 0.974 bits per heavy atom. The SMILES string of the molecule is CCOc1ccccc1-n1c(C(C)N(CCC(C)C)C(=O)c2ccc(OC)cc2)nc2ccccc2c1=O. The number of benzene rings is 3. The van der Waals surface area contributed by atoms with E-state index in [-0.39, 0.29) is 11.5 Å². The predicted molar refractivity (Wildman–Crippen MR) is 150 cm³/mol. The minimum absolute atomic E-state index is 0.132. The molecule has 1 heterocycles. The van der Waals surface area contributed by atoms with Crippen LogP contribution in [0.25, 0.3) is 16.6 Å². The average molecular weight is 514 g/mol. The van der Waals surface area contributed by atoms with E-state index in [9.17, 15) is 9.59 Å². The van der Waals surface area contributed by atoms with Crippen LogP contribution in [0.4, 0.5) is 0 Å². The summed E-state index contributed by atoms with van der Waals surface area (Å²) in [4.78, 5) is 34.6. The number of para-hydroxylation sites is 3. The summed E-state index contributed by atoms with van der Waals surface area (Å²) in [5, 5.41) is 0.505. The molecule has 7 heteroatoms. The van der Waals surface area contributed by atoms with Crippen LogP contribution in [0.2, 0.25) is 0 Å². The van der Waals surface area contributed by atoms with Crippen LogP contribution in [-0.2, 0) is 0 Å². The Hall–Kier alpha value is -4.13. The maximum absolute atomic E-state index is 14.0. The van der Waals surface area contributed by atoms with Crippen LogP contribution in [0.5, 0.6) is 11.5 Å². The van der Waals surface area contributed by atoms with Gasteiger partial charge in [-0.2, -0.15) is 0 Å². The third-order valence-corrected chi connectivity index (χ3v) is 6.59. The highest BCUT2D eigenvalue weighted by atomic mass is 16.5. The Kier molecular flexibility index (Phi) is 8.46. The molecule has 1 atom stereocenters. The summed E-state index contributed by atoms with van der Waals surface area (Å²) in [6.45, 7) is 9.06. The van der Waals surface area contributed by atoms with Gasteiger partial charge in [0, 0.05) is 12.1 Å². The van der Waals surface area contributed by atoms with Gasteiger partial charge in [-0.3, -0.25) is 14.2 Å². The molecule has 0 aliphatic heterocycles. The van der Waals surface area contributed by atoms with Gasteiger partial charge in [0.15, 0.2) is 0 Å². The van der Waals surface area contributed by atoms with Gasteiger partial charge in [0.05, 0.1) is 36.3 Å². The minimum Gasteiger partial charge on any atom is -0.497 e. The zero-order valence-corrected chi connectivity index (χ0v) is 22.7. The first kappa shape index (κ1) is 26.9. The fraction of sp³-hybridized carbons (Fsp3) is 0.323. The van der Waals surface area contributed by atoms with E-state index in [1.165, 1.54) is 0 Å². The molecule has 0 aliphatic rings.